The topological polar surface area (TPSA) is 128 Å². The van der Waals surface area contributed by atoms with Gasteiger partial charge >= 0.3 is 5.97 Å². The van der Waals surface area contributed by atoms with Crippen LogP contribution in [0, 0.1) is 0 Å². The molecule has 2 aromatic rings. The van der Waals surface area contributed by atoms with Crippen LogP contribution in [-0.2, 0) is 10.0 Å². The SMILES string of the molecule is O=C(O)c1cc(NS(=O)(=O)c2cc[nH]c2)n[nH]1. The van der Waals surface area contributed by atoms with E-state index in [2.05, 4.69) is 19.9 Å². The van der Waals surface area contributed by atoms with E-state index in [-0.39, 0.29) is 16.4 Å². The van der Waals surface area contributed by atoms with E-state index in [1.807, 2.05) is 0 Å². The molecule has 0 aromatic carbocycles. The third-order valence-electron chi connectivity index (χ3n) is 1.93. The minimum Gasteiger partial charge on any atom is -0.477 e. The van der Waals surface area contributed by atoms with Crippen LogP contribution in [0.2, 0.25) is 0 Å². The van der Waals surface area contributed by atoms with Crippen molar-refractivity contribution in [1.29, 1.82) is 0 Å². The second-order valence-electron chi connectivity index (χ2n) is 3.12. The Morgan fingerprint density at radius 1 is 1.47 bits per heavy atom. The first-order valence-electron chi connectivity index (χ1n) is 4.43. The molecule has 0 saturated heterocycles. The summed E-state index contributed by atoms with van der Waals surface area (Å²) in [6.45, 7) is 0. The number of aromatic carboxylic acids is 1. The van der Waals surface area contributed by atoms with Crippen molar-refractivity contribution in [3.8, 4) is 0 Å². The normalized spacial score (nSPS) is 11.3. The van der Waals surface area contributed by atoms with E-state index < -0.39 is 16.0 Å². The van der Waals surface area contributed by atoms with Gasteiger partial charge in [0.1, 0.15) is 10.6 Å². The molecule has 0 radical (unpaired) electrons. The molecule has 4 N–H and O–H groups in total. The van der Waals surface area contributed by atoms with Crippen molar-refractivity contribution in [3.63, 3.8) is 0 Å². The molecule has 0 saturated carbocycles. The summed E-state index contributed by atoms with van der Waals surface area (Å²) in [6.07, 6.45) is 2.76. The van der Waals surface area contributed by atoms with Crippen LogP contribution in [0.3, 0.4) is 0 Å². The number of nitrogens with zero attached hydrogens (tertiary/aromatic N) is 1. The lowest BCUT2D eigenvalue weighted by atomic mass is 10.4. The van der Waals surface area contributed by atoms with Gasteiger partial charge in [-0.1, -0.05) is 0 Å². The Kier molecular flexibility index (Phi) is 2.60. The Hall–Kier alpha value is -2.29. The highest BCUT2D eigenvalue weighted by Gasteiger charge is 2.17. The van der Waals surface area contributed by atoms with E-state index in [9.17, 15) is 13.2 Å². The molecule has 0 amide bonds. The summed E-state index contributed by atoms with van der Waals surface area (Å²) in [6, 6.07) is 2.46. The van der Waals surface area contributed by atoms with Gasteiger partial charge in [-0.2, -0.15) is 5.10 Å². The molecule has 9 heteroatoms. The lowest BCUT2D eigenvalue weighted by Crippen LogP contribution is -2.12. The Labute approximate surface area is 95.7 Å². The average molecular weight is 256 g/mol. The first kappa shape index (κ1) is 11.2. The highest BCUT2D eigenvalue weighted by Crippen LogP contribution is 2.13. The lowest BCUT2D eigenvalue weighted by Gasteiger charge is -2.01. The standard InChI is InChI=1S/C8H8N4O4S/c13-8(14)6-3-7(11-10-6)12-17(15,16)5-1-2-9-4-5/h1-4,9H,(H,13,14)(H2,10,11,12). The molecule has 0 aliphatic rings. The van der Waals surface area contributed by atoms with Gasteiger partial charge in [0.2, 0.25) is 0 Å². The van der Waals surface area contributed by atoms with Crippen molar-refractivity contribution < 1.29 is 18.3 Å². The highest BCUT2D eigenvalue weighted by molar-refractivity contribution is 7.92. The molecular formula is C8H8N4O4S. The maximum Gasteiger partial charge on any atom is 0.353 e. The van der Waals surface area contributed by atoms with E-state index in [0.717, 1.165) is 6.07 Å². The molecule has 0 aliphatic carbocycles. The summed E-state index contributed by atoms with van der Waals surface area (Å²) in [5, 5.41) is 14.3. The van der Waals surface area contributed by atoms with E-state index in [0.29, 0.717) is 0 Å². The number of anilines is 1. The summed E-state index contributed by atoms with van der Waals surface area (Å²) in [5.41, 5.74) is -0.197. The van der Waals surface area contributed by atoms with Gasteiger partial charge in [0, 0.05) is 18.5 Å². The summed E-state index contributed by atoms with van der Waals surface area (Å²) in [5.74, 6) is -1.30. The number of carboxylic acids is 1. The third kappa shape index (κ3) is 2.28. The maximum atomic E-state index is 11.7. The van der Waals surface area contributed by atoms with Crippen LogP contribution in [0.4, 0.5) is 5.82 Å². The molecule has 0 atom stereocenters. The number of aromatic amines is 2. The number of sulfonamides is 1. The van der Waals surface area contributed by atoms with Crippen molar-refractivity contribution in [2.45, 2.75) is 4.90 Å². The van der Waals surface area contributed by atoms with Crippen LogP contribution in [-0.4, -0.2) is 34.7 Å². The molecule has 0 bridgehead atoms. The van der Waals surface area contributed by atoms with E-state index in [1.165, 1.54) is 18.5 Å². The van der Waals surface area contributed by atoms with Crippen molar-refractivity contribution in [1.82, 2.24) is 15.2 Å². The fourth-order valence-electron chi connectivity index (χ4n) is 1.16. The predicted molar refractivity (Wildman–Crippen MR) is 57.1 cm³/mol. The van der Waals surface area contributed by atoms with Gasteiger partial charge in [0.25, 0.3) is 10.0 Å². The fraction of sp³-hybridized carbons (Fsp3) is 0. The van der Waals surface area contributed by atoms with E-state index in [4.69, 9.17) is 5.11 Å². The van der Waals surface area contributed by atoms with Crippen molar-refractivity contribution in [3.05, 3.63) is 30.2 Å². The number of aromatic nitrogens is 3. The van der Waals surface area contributed by atoms with Crippen LogP contribution in [0.15, 0.2) is 29.4 Å². The van der Waals surface area contributed by atoms with Crippen molar-refractivity contribution in [2.24, 2.45) is 0 Å². The Morgan fingerprint density at radius 2 is 2.24 bits per heavy atom. The molecule has 2 heterocycles. The summed E-state index contributed by atoms with van der Waals surface area (Å²) in [7, 11) is -3.74. The third-order valence-corrected chi connectivity index (χ3v) is 3.28. The quantitative estimate of drug-likeness (QED) is 0.622. The van der Waals surface area contributed by atoms with Crippen LogP contribution in [0.25, 0.3) is 0 Å². The number of hydrogen-bond acceptors (Lipinski definition) is 4. The number of H-pyrrole nitrogens is 2. The Bertz CT molecular complexity index is 628. The molecule has 0 fully saturated rings. The number of carboxylic acid groups (broad SMARTS) is 1. The number of hydrogen-bond donors (Lipinski definition) is 4. The first-order chi connectivity index (χ1) is 7.99. The zero-order chi connectivity index (χ0) is 12.5. The molecule has 17 heavy (non-hydrogen) atoms. The van der Waals surface area contributed by atoms with Gasteiger partial charge in [-0.15, -0.1) is 0 Å². The van der Waals surface area contributed by atoms with Gasteiger partial charge in [-0.3, -0.25) is 9.82 Å². The zero-order valence-electron chi connectivity index (χ0n) is 8.34. The summed E-state index contributed by atoms with van der Waals surface area (Å²) in [4.78, 5) is 13.2. The van der Waals surface area contributed by atoms with Crippen molar-refractivity contribution >= 4 is 21.8 Å². The van der Waals surface area contributed by atoms with E-state index >= 15 is 0 Å². The average Bonchev–Trinajstić information content (AvgIpc) is 2.85. The number of rotatable bonds is 4. The molecular weight excluding hydrogens is 248 g/mol. The van der Waals surface area contributed by atoms with Crippen LogP contribution >= 0.6 is 0 Å². The van der Waals surface area contributed by atoms with Gasteiger partial charge in [0.15, 0.2) is 5.82 Å². The fourth-order valence-corrected chi connectivity index (χ4v) is 2.12. The van der Waals surface area contributed by atoms with Crippen LogP contribution in [0.1, 0.15) is 10.5 Å². The molecule has 2 rings (SSSR count). The number of nitrogens with one attached hydrogen (secondary N) is 3. The van der Waals surface area contributed by atoms with E-state index in [1.54, 1.807) is 0 Å². The van der Waals surface area contributed by atoms with Gasteiger partial charge < -0.3 is 10.1 Å². The monoisotopic (exact) mass is 256 g/mol. The minimum absolute atomic E-state index is 0.0392. The van der Waals surface area contributed by atoms with Gasteiger partial charge in [-0.25, -0.2) is 13.2 Å². The van der Waals surface area contributed by atoms with Crippen LogP contribution < -0.4 is 4.72 Å². The molecule has 0 aliphatic heterocycles. The summed E-state index contributed by atoms with van der Waals surface area (Å²) >= 11 is 0. The second-order valence-corrected chi connectivity index (χ2v) is 4.81. The number of carbonyl (C=O) groups is 1. The second kappa shape index (κ2) is 3.94. The summed E-state index contributed by atoms with van der Waals surface area (Å²) < 4.78 is 25.6. The Morgan fingerprint density at radius 3 is 2.76 bits per heavy atom. The van der Waals surface area contributed by atoms with Gasteiger partial charge in [0.05, 0.1) is 0 Å². The van der Waals surface area contributed by atoms with Crippen molar-refractivity contribution in [2.75, 3.05) is 4.72 Å². The Balaban J connectivity index is 2.24. The smallest absolute Gasteiger partial charge is 0.353 e. The highest BCUT2D eigenvalue weighted by atomic mass is 32.2. The first-order valence-corrected chi connectivity index (χ1v) is 5.92. The molecule has 8 nitrogen and oxygen atoms in total. The minimum atomic E-state index is -3.74. The largest absolute Gasteiger partial charge is 0.477 e. The van der Waals surface area contributed by atoms with Gasteiger partial charge in [-0.05, 0) is 6.07 Å². The zero-order valence-corrected chi connectivity index (χ0v) is 9.15. The lowest BCUT2D eigenvalue weighted by molar-refractivity contribution is 0.0690. The molecule has 0 spiro atoms. The molecule has 0 unspecified atom stereocenters. The molecule has 90 valence electrons. The predicted octanol–water partition coefficient (Wildman–Crippen LogP) is 0.237. The maximum absolute atomic E-state index is 11.7. The molecule has 2 aromatic heterocycles. The van der Waals surface area contributed by atoms with Crippen LogP contribution in [0.5, 0.6) is 0 Å².